The van der Waals surface area contributed by atoms with E-state index in [1.54, 1.807) is 12.3 Å². The number of aromatic nitrogens is 2. The predicted molar refractivity (Wildman–Crippen MR) is 111 cm³/mol. The maximum Gasteiger partial charge on any atom is 0.338 e. The van der Waals surface area contributed by atoms with Crippen molar-refractivity contribution in [3.63, 3.8) is 0 Å². The Morgan fingerprint density at radius 1 is 1.21 bits per heavy atom. The van der Waals surface area contributed by atoms with E-state index in [9.17, 15) is 14.4 Å². The number of carbonyl (C=O) groups is 1. The summed E-state index contributed by atoms with van der Waals surface area (Å²) in [5, 5.41) is 10.7. The van der Waals surface area contributed by atoms with Crippen LogP contribution in [0.3, 0.4) is 0 Å². The second-order valence-corrected chi connectivity index (χ2v) is 7.26. The number of nitrogens with two attached hydrogens (primary N) is 1. The Morgan fingerprint density at radius 3 is 2.69 bits per heavy atom. The number of fused-ring (bicyclic) bond motifs is 1. The molecule has 2 aromatic heterocycles. The summed E-state index contributed by atoms with van der Waals surface area (Å²) in [6, 6.07) is 8.07. The van der Waals surface area contributed by atoms with E-state index in [-0.39, 0.29) is 12.4 Å². The van der Waals surface area contributed by atoms with Gasteiger partial charge in [0.15, 0.2) is 0 Å². The van der Waals surface area contributed by atoms with E-state index < -0.39 is 6.03 Å². The maximum absolute atomic E-state index is 13.8. The molecule has 3 N–H and O–H groups in total. The summed E-state index contributed by atoms with van der Waals surface area (Å²) < 4.78 is 16.1. The van der Waals surface area contributed by atoms with Crippen LogP contribution < -0.4 is 5.73 Å². The molecule has 0 spiro atoms. The van der Waals surface area contributed by atoms with Crippen LogP contribution in [-0.2, 0) is 6.54 Å². The average molecular weight is 398 g/mol. The lowest BCUT2D eigenvalue weighted by Gasteiger charge is -2.13. The Labute approximate surface area is 169 Å². The first-order valence-electron chi connectivity index (χ1n) is 9.93. The Morgan fingerprint density at radius 2 is 1.97 bits per heavy atom. The molecule has 0 aliphatic carbocycles. The van der Waals surface area contributed by atoms with Gasteiger partial charge >= 0.3 is 6.03 Å². The van der Waals surface area contributed by atoms with E-state index in [0.29, 0.717) is 11.5 Å². The van der Waals surface area contributed by atoms with Crippen LogP contribution in [0.4, 0.5) is 9.18 Å². The molecule has 2 heterocycles. The third-order valence-electron chi connectivity index (χ3n) is 5.22. The molecule has 154 valence electrons. The second-order valence-electron chi connectivity index (χ2n) is 7.26. The van der Waals surface area contributed by atoms with Gasteiger partial charge in [-0.3, -0.25) is 10.2 Å². The first kappa shape index (κ1) is 20.8. The third kappa shape index (κ3) is 4.92. The number of unbranched alkanes of at least 4 members (excludes halogenated alkanes) is 4. The van der Waals surface area contributed by atoms with Gasteiger partial charge < -0.3 is 10.3 Å². The molecular formula is C22H27FN4O2. The monoisotopic (exact) mass is 398 g/mol. The highest BCUT2D eigenvalue weighted by Gasteiger charge is 2.16. The van der Waals surface area contributed by atoms with Crippen molar-refractivity contribution in [3.05, 3.63) is 54.1 Å². The quantitative estimate of drug-likeness (QED) is 0.306. The van der Waals surface area contributed by atoms with Gasteiger partial charge in [-0.05, 0) is 55.7 Å². The highest BCUT2D eigenvalue weighted by atomic mass is 19.1. The molecule has 3 rings (SSSR count). The fraction of sp³-hybridized carbons (Fsp3) is 0.364. The van der Waals surface area contributed by atoms with E-state index in [1.165, 1.54) is 6.07 Å². The summed E-state index contributed by atoms with van der Waals surface area (Å²) in [4.78, 5) is 15.0. The van der Waals surface area contributed by atoms with E-state index >= 15 is 0 Å². The fourth-order valence-electron chi connectivity index (χ4n) is 3.77. The zero-order valence-corrected chi connectivity index (χ0v) is 16.6. The van der Waals surface area contributed by atoms with Gasteiger partial charge in [0, 0.05) is 35.4 Å². The van der Waals surface area contributed by atoms with Gasteiger partial charge in [0.1, 0.15) is 5.82 Å². The number of amides is 2. The lowest BCUT2D eigenvalue weighted by molar-refractivity contribution is -0.0403. The lowest BCUT2D eigenvalue weighted by atomic mass is 10.1. The first-order chi connectivity index (χ1) is 14.0. The number of pyridine rings is 1. The van der Waals surface area contributed by atoms with Crippen LogP contribution in [-0.4, -0.2) is 32.4 Å². The van der Waals surface area contributed by atoms with Crippen molar-refractivity contribution in [2.24, 2.45) is 5.73 Å². The summed E-state index contributed by atoms with van der Waals surface area (Å²) in [7, 11) is 0. The summed E-state index contributed by atoms with van der Waals surface area (Å²) in [5.74, 6) is -0.232. The summed E-state index contributed by atoms with van der Waals surface area (Å²) in [5.41, 5.74) is 9.18. The first-order valence-corrected chi connectivity index (χ1v) is 9.93. The van der Waals surface area contributed by atoms with Gasteiger partial charge in [0.2, 0.25) is 0 Å². The van der Waals surface area contributed by atoms with Crippen LogP contribution in [0.2, 0.25) is 0 Å². The number of aryl methyl sites for hydroxylation is 2. The predicted octanol–water partition coefficient (Wildman–Crippen LogP) is 4.87. The van der Waals surface area contributed by atoms with Gasteiger partial charge in [-0.15, -0.1) is 0 Å². The smallest absolute Gasteiger partial charge is 0.338 e. The molecule has 0 saturated carbocycles. The Hall–Kier alpha value is -2.93. The number of hydrogen-bond acceptors (Lipinski definition) is 3. The van der Waals surface area contributed by atoms with Gasteiger partial charge in [0.25, 0.3) is 0 Å². The number of hydroxylamine groups is 2. The van der Waals surface area contributed by atoms with Crippen LogP contribution in [0.1, 0.15) is 37.7 Å². The molecule has 0 saturated heterocycles. The lowest BCUT2D eigenvalue weighted by Crippen LogP contribution is -2.33. The molecule has 2 amide bonds. The largest absolute Gasteiger partial charge is 0.350 e. The number of nitrogens with zero attached hydrogens (tertiary/aromatic N) is 3. The Bertz CT molecular complexity index is 972. The minimum Gasteiger partial charge on any atom is -0.350 e. The van der Waals surface area contributed by atoms with E-state index in [0.717, 1.165) is 60.0 Å². The van der Waals surface area contributed by atoms with Crippen molar-refractivity contribution >= 4 is 16.9 Å². The molecule has 7 heteroatoms. The molecule has 0 aliphatic heterocycles. The van der Waals surface area contributed by atoms with Crippen molar-refractivity contribution in [1.82, 2.24) is 14.6 Å². The molecule has 6 nitrogen and oxygen atoms in total. The average Bonchev–Trinajstić information content (AvgIpc) is 2.98. The molecule has 3 aromatic rings. The zero-order chi connectivity index (χ0) is 20.8. The van der Waals surface area contributed by atoms with Crippen LogP contribution in [0, 0.1) is 12.7 Å². The van der Waals surface area contributed by atoms with E-state index in [4.69, 9.17) is 5.73 Å². The molecule has 0 fully saturated rings. The molecule has 0 radical (unpaired) electrons. The number of urea groups is 1. The van der Waals surface area contributed by atoms with Crippen molar-refractivity contribution in [1.29, 1.82) is 0 Å². The van der Waals surface area contributed by atoms with E-state index in [2.05, 4.69) is 9.55 Å². The van der Waals surface area contributed by atoms with Crippen LogP contribution in [0.5, 0.6) is 0 Å². The van der Waals surface area contributed by atoms with Gasteiger partial charge in [-0.25, -0.2) is 14.2 Å². The number of halogens is 1. The van der Waals surface area contributed by atoms with Crippen LogP contribution in [0.25, 0.3) is 22.2 Å². The number of hydrogen-bond donors (Lipinski definition) is 2. The van der Waals surface area contributed by atoms with Crippen molar-refractivity contribution in [2.75, 3.05) is 6.54 Å². The normalized spacial score (nSPS) is 11.1. The molecule has 29 heavy (non-hydrogen) atoms. The minimum atomic E-state index is -0.820. The maximum atomic E-state index is 13.8. The highest BCUT2D eigenvalue weighted by Crippen LogP contribution is 2.33. The van der Waals surface area contributed by atoms with Crippen molar-refractivity contribution in [2.45, 2.75) is 45.6 Å². The number of rotatable bonds is 9. The standard InChI is InChI=1S/C22H27FN4O2/c1-16-19-14-18(23)9-10-20(19)26(21(16)17-8-7-11-25-15-17)12-5-3-2-4-6-13-27(29)22(24)28/h7-11,14-15,29H,2-6,12-13H2,1H3,(H2,24,28). The highest BCUT2D eigenvalue weighted by molar-refractivity contribution is 5.91. The van der Waals surface area contributed by atoms with Gasteiger partial charge in [-0.1, -0.05) is 19.3 Å². The van der Waals surface area contributed by atoms with Crippen LogP contribution >= 0.6 is 0 Å². The topological polar surface area (TPSA) is 84.4 Å². The Kier molecular flexibility index (Phi) is 6.82. The number of benzene rings is 1. The van der Waals surface area contributed by atoms with E-state index in [1.807, 2.05) is 31.3 Å². The molecule has 0 bridgehead atoms. The Balaban J connectivity index is 1.68. The fourth-order valence-corrected chi connectivity index (χ4v) is 3.77. The number of carbonyl (C=O) groups excluding carboxylic acids is 1. The SMILES string of the molecule is Cc1c(-c2cccnc2)n(CCCCCCCN(O)C(N)=O)c2ccc(F)cc12. The van der Waals surface area contributed by atoms with Crippen molar-refractivity contribution in [3.8, 4) is 11.3 Å². The van der Waals surface area contributed by atoms with Crippen LogP contribution in [0.15, 0.2) is 42.7 Å². The summed E-state index contributed by atoms with van der Waals surface area (Å²) >= 11 is 0. The summed E-state index contributed by atoms with van der Waals surface area (Å²) in [6.07, 6.45) is 8.22. The summed E-state index contributed by atoms with van der Waals surface area (Å²) in [6.45, 7) is 3.11. The molecule has 0 unspecified atom stereocenters. The van der Waals surface area contributed by atoms with Crippen molar-refractivity contribution < 1.29 is 14.4 Å². The number of primary amides is 1. The molecule has 0 aliphatic rings. The zero-order valence-electron chi connectivity index (χ0n) is 16.6. The van der Waals surface area contributed by atoms with Gasteiger partial charge in [0.05, 0.1) is 12.2 Å². The molecule has 1 aromatic carbocycles. The molecular weight excluding hydrogens is 371 g/mol. The minimum absolute atomic E-state index is 0.232. The molecule has 0 atom stereocenters. The van der Waals surface area contributed by atoms with Gasteiger partial charge in [-0.2, -0.15) is 0 Å². The third-order valence-corrected chi connectivity index (χ3v) is 5.22. The second kappa shape index (κ2) is 9.52.